The van der Waals surface area contributed by atoms with Gasteiger partial charge < -0.3 is 13.1 Å². The zero-order valence-electron chi connectivity index (χ0n) is 8.73. The van der Waals surface area contributed by atoms with E-state index in [4.69, 9.17) is 10.2 Å². The second-order valence-electron chi connectivity index (χ2n) is 2.19. The van der Waals surface area contributed by atoms with Crippen molar-refractivity contribution < 1.29 is 26.9 Å². The van der Waals surface area contributed by atoms with Gasteiger partial charge >= 0.3 is 49.7 Å². The number of hydrogen-bond donors (Lipinski definition) is 2. The van der Waals surface area contributed by atoms with Gasteiger partial charge in [0, 0.05) is 4.28 Å². The summed E-state index contributed by atoms with van der Waals surface area (Å²) < 4.78 is 0. The maximum absolute atomic E-state index is 10.3. The van der Waals surface area contributed by atoms with Gasteiger partial charge in [0.05, 0.1) is 11.1 Å². The summed E-state index contributed by atoms with van der Waals surface area (Å²) in [5, 5.41) is 16.9. The molecule has 2 N–H and O–H groups in total. The Kier molecular flexibility index (Phi) is 4.98. The van der Waals surface area contributed by atoms with Crippen LogP contribution in [0.25, 0.3) is 0 Å². The number of rotatable bonds is 2. The van der Waals surface area contributed by atoms with E-state index in [0.29, 0.717) is 0 Å². The third-order valence-corrected chi connectivity index (χ3v) is 1.38. The number of carbonyl (C=O) groups is 2. The van der Waals surface area contributed by atoms with E-state index in [1.165, 1.54) is 24.3 Å². The second kappa shape index (κ2) is 5.21. The first-order valence-electron chi connectivity index (χ1n) is 3.18. The van der Waals surface area contributed by atoms with Crippen LogP contribution < -0.4 is 0 Å². The molecule has 5 heteroatoms. The van der Waals surface area contributed by atoms with Gasteiger partial charge in [0.1, 0.15) is 0 Å². The van der Waals surface area contributed by atoms with Crippen LogP contribution in [0.1, 0.15) is 27.8 Å². The van der Waals surface area contributed by atoms with Crippen LogP contribution in [0.4, 0.5) is 0 Å². The fourth-order valence-electron chi connectivity index (χ4n) is 0.755. The SMILES string of the molecule is O=C(O)c1ccc(C(=O)O)cc1.[Ca+2].[H-].[H-].[HH].[HH].[HH]. The molecule has 0 aliphatic heterocycles. The summed E-state index contributed by atoms with van der Waals surface area (Å²) in [6, 6.07) is 5.02. The van der Waals surface area contributed by atoms with Crippen LogP contribution >= 0.6 is 0 Å². The summed E-state index contributed by atoms with van der Waals surface area (Å²) >= 11 is 0. The summed E-state index contributed by atoms with van der Waals surface area (Å²) in [6.07, 6.45) is 0. The third-order valence-electron chi connectivity index (χ3n) is 1.38. The second-order valence-corrected chi connectivity index (χ2v) is 2.19. The molecule has 72 valence electrons. The van der Waals surface area contributed by atoms with Crippen LogP contribution in [0, 0.1) is 0 Å². The first kappa shape index (κ1) is 12.4. The van der Waals surface area contributed by atoms with Crippen LogP contribution in [0.5, 0.6) is 0 Å². The number of benzene rings is 1. The molecule has 0 aliphatic rings. The zero-order chi connectivity index (χ0) is 9.14. The molecule has 0 saturated carbocycles. The molecule has 0 amide bonds. The van der Waals surface area contributed by atoms with E-state index in [2.05, 4.69) is 0 Å². The molecule has 1 aromatic carbocycles. The van der Waals surface area contributed by atoms with E-state index < -0.39 is 11.9 Å². The maximum Gasteiger partial charge on any atom is 2.00 e. The van der Waals surface area contributed by atoms with Crippen molar-refractivity contribution in [3.63, 3.8) is 0 Å². The summed E-state index contributed by atoms with van der Waals surface area (Å²) in [5.41, 5.74) is 0.167. The summed E-state index contributed by atoms with van der Waals surface area (Å²) in [4.78, 5) is 20.7. The van der Waals surface area contributed by atoms with Crippen molar-refractivity contribution in [3.05, 3.63) is 35.4 Å². The molecule has 0 aromatic heterocycles. The Bertz CT molecular complexity index is 300. The van der Waals surface area contributed by atoms with E-state index in [1.54, 1.807) is 0 Å². The Hall–Kier alpha value is -0.580. The maximum atomic E-state index is 10.3. The summed E-state index contributed by atoms with van der Waals surface area (Å²) in [5.74, 6) is -2.13. The number of aromatic carboxylic acids is 2. The van der Waals surface area contributed by atoms with E-state index in [1.807, 2.05) is 0 Å². The van der Waals surface area contributed by atoms with Crippen molar-refractivity contribution in [3.8, 4) is 0 Å². The predicted octanol–water partition coefficient (Wildman–Crippen LogP) is 1.67. The number of carboxylic acids is 2. The molecule has 0 bridgehead atoms. The smallest absolute Gasteiger partial charge is 1.00 e. The Morgan fingerprint density at radius 3 is 1.38 bits per heavy atom. The van der Waals surface area contributed by atoms with E-state index in [-0.39, 0.29) is 56.0 Å². The molecule has 0 atom stereocenters. The molecule has 0 saturated heterocycles. The standard InChI is InChI=1S/C8H6O4.Ca.3H2.2H/c9-7(10)5-1-2-6(4-3-5)8(11)12;;;;;;/h1-4H,(H,9,10)(H,11,12);;3*1H;;/q;+2;;;;2*-1. The summed E-state index contributed by atoms with van der Waals surface area (Å²) in [6.45, 7) is 0. The molecule has 0 spiro atoms. The van der Waals surface area contributed by atoms with Crippen LogP contribution in [0.2, 0.25) is 0 Å². The topological polar surface area (TPSA) is 74.6 Å². The fourth-order valence-corrected chi connectivity index (χ4v) is 0.755. The van der Waals surface area contributed by atoms with Gasteiger partial charge in [0.2, 0.25) is 0 Å². The van der Waals surface area contributed by atoms with Gasteiger partial charge in [-0.25, -0.2) is 9.59 Å². The van der Waals surface area contributed by atoms with Gasteiger partial charge in [0.15, 0.2) is 0 Å². The zero-order valence-corrected chi connectivity index (χ0v) is 8.94. The predicted molar refractivity (Wildman–Crippen MR) is 54.7 cm³/mol. The minimum absolute atomic E-state index is 0. The molecule has 0 aliphatic carbocycles. The normalized spacial score (nSPS) is 8.62. The first-order chi connectivity index (χ1) is 5.61. The Morgan fingerprint density at radius 2 is 1.23 bits per heavy atom. The molecule has 0 heterocycles. The molecule has 13 heavy (non-hydrogen) atoms. The van der Waals surface area contributed by atoms with Crippen LogP contribution in [0.15, 0.2) is 24.3 Å². The van der Waals surface area contributed by atoms with Crippen LogP contribution in [-0.4, -0.2) is 59.9 Å². The molecule has 1 aromatic rings. The largest absolute Gasteiger partial charge is 2.00 e. The molecule has 1 rings (SSSR count). The molecule has 0 radical (unpaired) electrons. The first-order valence-corrected chi connectivity index (χ1v) is 3.18. The van der Waals surface area contributed by atoms with Crippen LogP contribution in [0.3, 0.4) is 0 Å². The monoisotopic (exact) mass is 214 g/mol. The Balaban J connectivity index is -0.0000000600. The van der Waals surface area contributed by atoms with Crippen molar-refractivity contribution >= 4 is 49.7 Å². The number of carboxylic acid groups (broad SMARTS) is 2. The van der Waals surface area contributed by atoms with Crippen molar-refractivity contribution in [2.75, 3.05) is 0 Å². The fraction of sp³-hybridized carbons (Fsp3) is 0. The van der Waals surface area contributed by atoms with Crippen LogP contribution in [-0.2, 0) is 0 Å². The van der Waals surface area contributed by atoms with E-state index in [9.17, 15) is 9.59 Å². The average Bonchev–Trinajstić information content (AvgIpc) is 2.04. The molecule has 4 nitrogen and oxygen atoms in total. The Morgan fingerprint density at radius 1 is 1.00 bits per heavy atom. The van der Waals surface area contributed by atoms with Gasteiger partial charge in [-0.15, -0.1) is 0 Å². The van der Waals surface area contributed by atoms with Gasteiger partial charge in [-0.1, -0.05) is 0 Å². The average molecular weight is 214 g/mol. The van der Waals surface area contributed by atoms with Crippen molar-refractivity contribution in [1.82, 2.24) is 0 Å². The third kappa shape index (κ3) is 3.34. The molecular weight excluding hydrogens is 200 g/mol. The molecular formula is C8H14CaO4. The van der Waals surface area contributed by atoms with Crippen molar-refractivity contribution in [1.29, 1.82) is 0 Å². The minimum atomic E-state index is -1.06. The minimum Gasteiger partial charge on any atom is -1.00 e. The van der Waals surface area contributed by atoms with Gasteiger partial charge in [0.25, 0.3) is 0 Å². The Labute approximate surface area is 112 Å². The molecule has 0 fully saturated rings. The molecule has 0 unspecified atom stereocenters. The van der Waals surface area contributed by atoms with Crippen molar-refractivity contribution in [2.24, 2.45) is 0 Å². The number of hydrogen-bond acceptors (Lipinski definition) is 2. The van der Waals surface area contributed by atoms with E-state index in [0.717, 1.165) is 0 Å². The van der Waals surface area contributed by atoms with E-state index >= 15 is 0 Å². The van der Waals surface area contributed by atoms with Gasteiger partial charge in [-0.2, -0.15) is 0 Å². The van der Waals surface area contributed by atoms with Crippen molar-refractivity contribution in [2.45, 2.75) is 0 Å². The van der Waals surface area contributed by atoms with Gasteiger partial charge in [-0.3, -0.25) is 0 Å². The summed E-state index contributed by atoms with van der Waals surface area (Å²) in [7, 11) is 0. The van der Waals surface area contributed by atoms with Gasteiger partial charge in [-0.05, 0) is 24.3 Å². The quantitative estimate of drug-likeness (QED) is 0.734.